The average molecular weight is 403 g/mol. The molecule has 0 aliphatic carbocycles. The fourth-order valence-electron chi connectivity index (χ4n) is 4.10. The van der Waals surface area contributed by atoms with Crippen molar-refractivity contribution in [1.82, 2.24) is 10.2 Å². The van der Waals surface area contributed by atoms with Crippen LogP contribution in [0.3, 0.4) is 0 Å². The van der Waals surface area contributed by atoms with Gasteiger partial charge in [0.2, 0.25) is 11.8 Å². The predicted molar refractivity (Wildman–Crippen MR) is 111 cm³/mol. The zero-order valence-electron chi connectivity index (χ0n) is 17.3. The molecule has 1 N–H and O–H groups in total. The van der Waals surface area contributed by atoms with Gasteiger partial charge in [-0.2, -0.15) is 0 Å². The van der Waals surface area contributed by atoms with Gasteiger partial charge in [-0.25, -0.2) is 4.39 Å². The number of benzene rings is 1. The van der Waals surface area contributed by atoms with Crippen molar-refractivity contribution in [3.8, 4) is 0 Å². The molecule has 2 saturated heterocycles. The van der Waals surface area contributed by atoms with E-state index in [1.807, 2.05) is 4.90 Å². The number of hydrogen-bond donors (Lipinski definition) is 1. The second-order valence-electron chi connectivity index (χ2n) is 8.54. The van der Waals surface area contributed by atoms with Crippen molar-refractivity contribution in [3.05, 3.63) is 41.7 Å². The number of carbonyl (C=O) groups is 2. The minimum Gasteiger partial charge on any atom is -0.370 e. The number of piperidine rings is 1. The molecule has 1 atom stereocenters. The molecule has 2 aliphatic rings. The summed E-state index contributed by atoms with van der Waals surface area (Å²) in [7, 11) is 0. The van der Waals surface area contributed by atoms with E-state index in [4.69, 9.17) is 4.74 Å². The lowest BCUT2D eigenvalue weighted by Gasteiger charge is -2.39. The van der Waals surface area contributed by atoms with Crippen molar-refractivity contribution in [2.24, 2.45) is 5.92 Å². The highest BCUT2D eigenvalue weighted by Crippen LogP contribution is 2.38. The van der Waals surface area contributed by atoms with E-state index in [1.54, 1.807) is 18.2 Å². The number of halogens is 1. The van der Waals surface area contributed by atoms with Crippen LogP contribution in [0.5, 0.6) is 0 Å². The van der Waals surface area contributed by atoms with Crippen LogP contribution in [0.25, 0.3) is 6.08 Å². The predicted octanol–water partition coefficient (Wildman–Crippen LogP) is 3.54. The summed E-state index contributed by atoms with van der Waals surface area (Å²) in [5.41, 5.74) is 0.227. The summed E-state index contributed by atoms with van der Waals surface area (Å²) < 4.78 is 19.9. The minimum absolute atomic E-state index is 0.0151. The van der Waals surface area contributed by atoms with Gasteiger partial charge in [0.15, 0.2) is 0 Å². The van der Waals surface area contributed by atoms with Gasteiger partial charge in [0.05, 0.1) is 11.7 Å². The Morgan fingerprint density at radius 1 is 1.28 bits per heavy atom. The SMILES string of the molecule is CC(C)CC(=O)N1CCC2(CCC(CNC(=O)/C=C/c3ccccc3F)O2)CC1. The van der Waals surface area contributed by atoms with E-state index in [0.717, 1.165) is 38.8 Å². The zero-order valence-corrected chi connectivity index (χ0v) is 17.3. The average Bonchev–Trinajstić information content (AvgIpc) is 3.08. The Kier molecular flexibility index (Phi) is 7.06. The molecule has 158 valence electrons. The molecule has 2 heterocycles. The molecule has 1 aromatic rings. The number of hydrogen-bond acceptors (Lipinski definition) is 3. The summed E-state index contributed by atoms with van der Waals surface area (Å²) in [6.45, 7) is 6.06. The summed E-state index contributed by atoms with van der Waals surface area (Å²) in [6.07, 6.45) is 6.99. The Morgan fingerprint density at radius 3 is 2.69 bits per heavy atom. The standard InChI is InChI=1S/C23H31FN2O3/c1-17(2)15-22(28)26-13-11-23(12-14-26)10-9-19(29-23)16-25-21(27)8-7-18-5-3-4-6-20(18)24/h3-8,17,19H,9-16H2,1-2H3,(H,25,27)/b8-7+. The maximum absolute atomic E-state index is 13.6. The molecule has 3 rings (SSSR count). The van der Waals surface area contributed by atoms with Crippen molar-refractivity contribution >= 4 is 17.9 Å². The smallest absolute Gasteiger partial charge is 0.244 e. The van der Waals surface area contributed by atoms with Crippen molar-refractivity contribution in [2.75, 3.05) is 19.6 Å². The van der Waals surface area contributed by atoms with Crippen LogP contribution >= 0.6 is 0 Å². The van der Waals surface area contributed by atoms with Crippen LogP contribution in [0, 0.1) is 11.7 Å². The zero-order chi connectivity index (χ0) is 20.9. The maximum atomic E-state index is 13.6. The topological polar surface area (TPSA) is 58.6 Å². The van der Waals surface area contributed by atoms with Gasteiger partial charge < -0.3 is 15.0 Å². The van der Waals surface area contributed by atoms with Gasteiger partial charge in [0.25, 0.3) is 0 Å². The van der Waals surface area contributed by atoms with Crippen LogP contribution in [0.15, 0.2) is 30.3 Å². The van der Waals surface area contributed by atoms with E-state index in [1.165, 1.54) is 18.2 Å². The quantitative estimate of drug-likeness (QED) is 0.741. The van der Waals surface area contributed by atoms with Crippen molar-refractivity contribution in [2.45, 2.75) is 57.7 Å². The summed E-state index contributed by atoms with van der Waals surface area (Å²) in [4.78, 5) is 26.2. The molecule has 0 aromatic heterocycles. The van der Waals surface area contributed by atoms with Crippen LogP contribution < -0.4 is 5.32 Å². The van der Waals surface area contributed by atoms with Crippen molar-refractivity contribution in [1.29, 1.82) is 0 Å². The molecular formula is C23H31FN2O3. The van der Waals surface area contributed by atoms with Crippen LogP contribution in [0.2, 0.25) is 0 Å². The normalized spacial score (nSPS) is 21.2. The molecule has 0 bridgehead atoms. The van der Waals surface area contributed by atoms with Crippen LogP contribution in [0.4, 0.5) is 4.39 Å². The number of nitrogens with zero attached hydrogens (tertiary/aromatic N) is 1. The molecule has 0 saturated carbocycles. The summed E-state index contributed by atoms with van der Waals surface area (Å²) in [5, 5.41) is 2.85. The fraction of sp³-hybridized carbons (Fsp3) is 0.565. The molecule has 5 nitrogen and oxygen atoms in total. The second-order valence-corrected chi connectivity index (χ2v) is 8.54. The lowest BCUT2D eigenvalue weighted by molar-refractivity contribution is -0.138. The first-order chi connectivity index (χ1) is 13.9. The number of carbonyl (C=O) groups excluding carboxylic acids is 2. The van der Waals surface area contributed by atoms with E-state index in [0.29, 0.717) is 24.4 Å². The molecule has 29 heavy (non-hydrogen) atoms. The molecule has 1 aromatic carbocycles. The maximum Gasteiger partial charge on any atom is 0.244 e. The number of nitrogens with one attached hydrogen (secondary N) is 1. The van der Waals surface area contributed by atoms with E-state index < -0.39 is 0 Å². The highest BCUT2D eigenvalue weighted by molar-refractivity contribution is 5.91. The Labute approximate surface area is 172 Å². The molecule has 2 amide bonds. The third kappa shape index (κ3) is 5.89. The van der Waals surface area contributed by atoms with Crippen LogP contribution in [0.1, 0.15) is 51.5 Å². The number of amides is 2. The van der Waals surface area contributed by atoms with E-state index in [9.17, 15) is 14.0 Å². The largest absolute Gasteiger partial charge is 0.370 e. The van der Waals surface area contributed by atoms with Gasteiger partial charge in [-0.3, -0.25) is 9.59 Å². The molecule has 1 unspecified atom stereocenters. The Bertz CT molecular complexity index is 754. The highest BCUT2D eigenvalue weighted by atomic mass is 19.1. The summed E-state index contributed by atoms with van der Waals surface area (Å²) in [5.74, 6) is 0.00239. The lowest BCUT2D eigenvalue weighted by atomic mass is 9.88. The molecule has 6 heteroatoms. The van der Waals surface area contributed by atoms with Crippen LogP contribution in [-0.2, 0) is 14.3 Å². The molecule has 1 spiro atoms. The van der Waals surface area contributed by atoms with Gasteiger partial charge in [0.1, 0.15) is 5.82 Å². The van der Waals surface area contributed by atoms with Crippen molar-refractivity contribution < 1.29 is 18.7 Å². The minimum atomic E-state index is -0.351. The fourth-order valence-corrected chi connectivity index (χ4v) is 4.10. The van der Waals surface area contributed by atoms with Gasteiger partial charge in [-0.05, 0) is 43.7 Å². The Balaban J connectivity index is 1.42. The van der Waals surface area contributed by atoms with E-state index in [2.05, 4.69) is 19.2 Å². The first-order valence-electron chi connectivity index (χ1n) is 10.5. The third-order valence-corrected chi connectivity index (χ3v) is 5.77. The Morgan fingerprint density at radius 2 is 2.00 bits per heavy atom. The van der Waals surface area contributed by atoms with E-state index in [-0.39, 0.29) is 29.3 Å². The number of rotatable bonds is 6. The molecule has 0 radical (unpaired) electrons. The summed E-state index contributed by atoms with van der Waals surface area (Å²) in [6, 6.07) is 6.34. The van der Waals surface area contributed by atoms with E-state index >= 15 is 0 Å². The van der Waals surface area contributed by atoms with Gasteiger partial charge in [-0.15, -0.1) is 0 Å². The Hall–Kier alpha value is -2.21. The van der Waals surface area contributed by atoms with Crippen molar-refractivity contribution in [3.63, 3.8) is 0 Å². The molecule has 2 aliphatic heterocycles. The summed E-state index contributed by atoms with van der Waals surface area (Å²) >= 11 is 0. The molecular weight excluding hydrogens is 371 g/mol. The second kappa shape index (κ2) is 9.53. The van der Waals surface area contributed by atoms with Crippen LogP contribution in [-0.4, -0.2) is 48.1 Å². The number of likely N-dealkylation sites (tertiary alicyclic amines) is 1. The lowest BCUT2D eigenvalue weighted by Crippen LogP contribution is -2.47. The number of ether oxygens (including phenoxy) is 1. The third-order valence-electron chi connectivity index (χ3n) is 5.77. The molecule has 2 fully saturated rings. The highest BCUT2D eigenvalue weighted by Gasteiger charge is 2.43. The first kappa shape index (κ1) is 21.5. The monoisotopic (exact) mass is 402 g/mol. The van der Waals surface area contributed by atoms with Gasteiger partial charge >= 0.3 is 0 Å². The first-order valence-corrected chi connectivity index (χ1v) is 10.5. The van der Waals surface area contributed by atoms with Gasteiger partial charge in [0, 0.05) is 37.7 Å². The van der Waals surface area contributed by atoms with Gasteiger partial charge in [-0.1, -0.05) is 32.0 Å².